The lowest BCUT2D eigenvalue weighted by molar-refractivity contribution is 0.0988. The monoisotopic (exact) mass is 245 g/mol. The van der Waals surface area contributed by atoms with Crippen LogP contribution in [0.3, 0.4) is 0 Å². The van der Waals surface area contributed by atoms with Gasteiger partial charge in [0, 0.05) is 12.0 Å². The van der Waals surface area contributed by atoms with Gasteiger partial charge in [0.05, 0.1) is 18.1 Å². The molecule has 3 heteroatoms. The van der Waals surface area contributed by atoms with Gasteiger partial charge in [0.1, 0.15) is 5.75 Å². The van der Waals surface area contributed by atoms with Gasteiger partial charge >= 0.3 is 0 Å². The standard InChI is InChI=1S/C15H19NO2/c1-4-14(17)12-5-7-13(8-6-12)18-10-9-15(2,3)11-16/h5-8H,4,9-10H2,1-3H3. The summed E-state index contributed by atoms with van der Waals surface area (Å²) in [6, 6.07) is 9.37. The first-order valence-electron chi connectivity index (χ1n) is 6.16. The number of ketones is 1. The Morgan fingerprint density at radius 1 is 1.33 bits per heavy atom. The molecule has 0 aliphatic heterocycles. The Morgan fingerprint density at radius 3 is 2.44 bits per heavy atom. The molecule has 0 bridgehead atoms. The minimum Gasteiger partial charge on any atom is -0.494 e. The molecule has 0 aliphatic carbocycles. The summed E-state index contributed by atoms with van der Waals surface area (Å²) in [7, 11) is 0. The zero-order chi connectivity index (χ0) is 13.6. The van der Waals surface area contributed by atoms with Crippen LogP contribution in [0.25, 0.3) is 0 Å². The third kappa shape index (κ3) is 4.21. The molecule has 0 N–H and O–H groups in total. The third-order valence-electron chi connectivity index (χ3n) is 2.80. The Morgan fingerprint density at radius 2 is 1.94 bits per heavy atom. The number of rotatable bonds is 6. The fourth-order valence-corrected chi connectivity index (χ4v) is 1.42. The molecule has 0 heterocycles. The van der Waals surface area contributed by atoms with Crippen molar-refractivity contribution in [1.82, 2.24) is 0 Å². The first-order chi connectivity index (χ1) is 8.48. The molecule has 0 amide bonds. The minimum atomic E-state index is -0.363. The van der Waals surface area contributed by atoms with Gasteiger partial charge < -0.3 is 4.74 Å². The number of benzene rings is 1. The van der Waals surface area contributed by atoms with E-state index in [1.807, 2.05) is 20.8 Å². The molecule has 1 aromatic rings. The highest BCUT2D eigenvalue weighted by Gasteiger charge is 2.16. The Kier molecular flexibility index (Phi) is 4.91. The zero-order valence-corrected chi connectivity index (χ0v) is 11.2. The normalized spacial score (nSPS) is 10.8. The second-order valence-corrected chi connectivity index (χ2v) is 4.90. The maximum atomic E-state index is 11.4. The van der Waals surface area contributed by atoms with E-state index in [2.05, 4.69) is 6.07 Å². The maximum absolute atomic E-state index is 11.4. The van der Waals surface area contributed by atoms with Crippen LogP contribution in [-0.4, -0.2) is 12.4 Å². The van der Waals surface area contributed by atoms with Crippen molar-refractivity contribution in [3.63, 3.8) is 0 Å². The Bertz CT molecular complexity index is 441. The summed E-state index contributed by atoms with van der Waals surface area (Å²) in [4.78, 5) is 11.4. The molecule has 0 spiro atoms. The zero-order valence-electron chi connectivity index (χ0n) is 11.2. The lowest BCUT2D eigenvalue weighted by Crippen LogP contribution is -2.13. The molecule has 1 aromatic carbocycles. The number of ether oxygens (including phenoxy) is 1. The van der Waals surface area contributed by atoms with Crippen LogP contribution in [0.1, 0.15) is 44.0 Å². The molecular formula is C15H19NO2. The maximum Gasteiger partial charge on any atom is 0.162 e. The lowest BCUT2D eigenvalue weighted by atomic mass is 9.92. The molecular weight excluding hydrogens is 226 g/mol. The van der Waals surface area contributed by atoms with Gasteiger partial charge in [0.25, 0.3) is 0 Å². The largest absolute Gasteiger partial charge is 0.494 e. The molecule has 0 fully saturated rings. The first-order valence-corrected chi connectivity index (χ1v) is 6.16. The van der Waals surface area contributed by atoms with Gasteiger partial charge in [-0.1, -0.05) is 6.92 Å². The van der Waals surface area contributed by atoms with Crippen LogP contribution >= 0.6 is 0 Å². The van der Waals surface area contributed by atoms with Crippen LogP contribution in [0.2, 0.25) is 0 Å². The number of nitrogens with zero attached hydrogens (tertiary/aromatic N) is 1. The molecule has 96 valence electrons. The van der Waals surface area contributed by atoms with Crippen molar-refractivity contribution in [3.05, 3.63) is 29.8 Å². The molecule has 0 saturated carbocycles. The summed E-state index contributed by atoms with van der Waals surface area (Å²) in [5.74, 6) is 0.864. The highest BCUT2D eigenvalue weighted by atomic mass is 16.5. The molecule has 0 unspecified atom stereocenters. The summed E-state index contributed by atoms with van der Waals surface area (Å²) in [6.07, 6.45) is 1.19. The summed E-state index contributed by atoms with van der Waals surface area (Å²) >= 11 is 0. The van der Waals surface area contributed by atoms with Crippen molar-refractivity contribution in [2.75, 3.05) is 6.61 Å². The molecule has 1 rings (SSSR count). The molecule has 3 nitrogen and oxygen atoms in total. The number of hydrogen-bond donors (Lipinski definition) is 0. The van der Waals surface area contributed by atoms with E-state index in [0.717, 1.165) is 5.75 Å². The molecule has 0 radical (unpaired) electrons. The van der Waals surface area contributed by atoms with Crippen molar-refractivity contribution in [2.45, 2.75) is 33.6 Å². The van der Waals surface area contributed by atoms with E-state index in [-0.39, 0.29) is 11.2 Å². The van der Waals surface area contributed by atoms with Crippen molar-refractivity contribution in [1.29, 1.82) is 5.26 Å². The predicted molar refractivity (Wildman–Crippen MR) is 70.6 cm³/mol. The number of hydrogen-bond acceptors (Lipinski definition) is 3. The number of carbonyl (C=O) groups is 1. The Labute approximate surface area is 108 Å². The summed E-state index contributed by atoms with van der Waals surface area (Å²) in [6.45, 7) is 6.12. The lowest BCUT2D eigenvalue weighted by Gasteiger charge is -2.15. The molecule has 0 saturated heterocycles. The van der Waals surface area contributed by atoms with Crippen LogP contribution in [-0.2, 0) is 0 Å². The second-order valence-electron chi connectivity index (χ2n) is 4.90. The van der Waals surface area contributed by atoms with Gasteiger partial charge in [-0.3, -0.25) is 4.79 Å². The molecule has 0 aliphatic rings. The Balaban J connectivity index is 2.50. The highest BCUT2D eigenvalue weighted by Crippen LogP contribution is 2.20. The van der Waals surface area contributed by atoms with Crippen molar-refractivity contribution >= 4 is 5.78 Å². The average molecular weight is 245 g/mol. The number of nitriles is 1. The van der Waals surface area contributed by atoms with Crippen molar-refractivity contribution in [2.24, 2.45) is 5.41 Å². The Hall–Kier alpha value is -1.82. The summed E-state index contributed by atoms with van der Waals surface area (Å²) in [5, 5.41) is 8.87. The number of carbonyl (C=O) groups excluding carboxylic acids is 1. The SMILES string of the molecule is CCC(=O)c1ccc(OCCC(C)(C)C#N)cc1. The van der Waals surface area contributed by atoms with E-state index in [4.69, 9.17) is 10.00 Å². The first kappa shape index (κ1) is 14.2. The van der Waals surface area contributed by atoms with Gasteiger partial charge in [-0.25, -0.2) is 0 Å². The fourth-order valence-electron chi connectivity index (χ4n) is 1.42. The van der Waals surface area contributed by atoms with Gasteiger partial charge in [-0.15, -0.1) is 0 Å². The molecule has 0 atom stereocenters. The van der Waals surface area contributed by atoms with Crippen LogP contribution in [0, 0.1) is 16.7 Å². The topological polar surface area (TPSA) is 50.1 Å². The van der Waals surface area contributed by atoms with Crippen LogP contribution in [0.15, 0.2) is 24.3 Å². The van der Waals surface area contributed by atoms with Crippen molar-refractivity contribution in [3.8, 4) is 11.8 Å². The third-order valence-corrected chi connectivity index (χ3v) is 2.80. The van der Waals surface area contributed by atoms with Crippen LogP contribution in [0.4, 0.5) is 0 Å². The van der Waals surface area contributed by atoms with Crippen LogP contribution in [0.5, 0.6) is 5.75 Å². The van der Waals surface area contributed by atoms with Gasteiger partial charge in [0.15, 0.2) is 5.78 Å². The van der Waals surface area contributed by atoms with Gasteiger partial charge in [-0.2, -0.15) is 5.26 Å². The van der Waals surface area contributed by atoms with Gasteiger partial charge in [0.2, 0.25) is 0 Å². The number of Topliss-reactive ketones (excluding diaryl/α,β-unsaturated/α-hetero) is 1. The van der Waals surface area contributed by atoms with E-state index in [1.165, 1.54) is 0 Å². The van der Waals surface area contributed by atoms with Gasteiger partial charge in [-0.05, 0) is 44.5 Å². The van der Waals surface area contributed by atoms with E-state index >= 15 is 0 Å². The molecule has 18 heavy (non-hydrogen) atoms. The average Bonchev–Trinajstić information content (AvgIpc) is 2.38. The van der Waals surface area contributed by atoms with E-state index in [1.54, 1.807) is 24.3 Å². The highest BCUT2D eigenvalue weighted by molar-refractivity contribution is 5.95. The smallest absolute Gasteiger partial charge is 0.162 e. The van der Waals surface area contributed by atoms with Crippen molar-refractivity contribution < 1.29 is 9.53 Å². The fraction of sp³-hybridized carbons (Fsp3) is 0.467. The quantitative estimate of drug-likeness (QED) is 0.719. The minimum absolute atomic E-state index is 0.132. The van der Waals surface area contributed by atoms with Crippen LogP contribution < -0.4 is 4.74 Å². The second kappa shape index (κ2) is 6.20. The van der Waals surface area contributed by atoms with E-state index in [0.29, 0.717) is 25.0 Å². The summed E-state index contributed by atoms with van der Waals surface area (Å²) in [5.41, 5.74) is 0.347. The summed E-state index contributed by atoms with van der Waals surface area (Å²) < 4.78 is 5.55. The van der Waals surface area contributed by atoms with E-state index < -0.39 is 0 Å². The van der Waals surface area contributed by atoms with E-state index in [9.17, 15) is 4.79 Å². The molecule has 0 aromatic heterocycles. The predicted octanol–water partition coefficient (Wildman–Crippen LogP) is 3.60.